The molecule has 0 radical (unpaired) electrons. The SMILES string of the molecule is CN1CCCC1CNc1c(Cl)cnn(CC2CC2)c1=O. The Bertz CT molecular complexity index is 540. The molecule has 20 heavy (non-hydrogen) atoms. The highest BCUT2D eigenvalue weighted by atomic mass is 35.5. The third-order valence-electron chi connectivity index (χ3n) is 4.31. The number of likely N-dealkylation sites (tertiary alicyclic amines) is 1. The molecule has 0 spiro atoms. The van der Waals surface area contributed by atoms with Crippen LogP contribution in [0.4, 0.5) is 5.69 Å². The number of halogens is 1. The van der Waals surface area contributed by atoms with Gasteiger partial charge in [0.05, 0.1) is 11.2 Å². The standard InChI is InChI=1S/C14H21ClN4O/c1-18-6-2-3-11(18)7-16-13-12(15)8-17-19(14(13)20)9-10-4-5-10/h8,10-11,16H,2-7,9H2,1H3. The molecule has 2 heterocycles. The molecule has 0 bridgehead atoms. The molecule has 1 aliphatic carbocycles. The van der Waals surface area contributed by atoms with E-state index >= 15 is 0 Å². The first-order valence-corrected chi connectivity index (χ1v) is 7.72. The second kappa shape index (κ2) is 5.74. The summed E-state index contributed by atoms with van der Waals surface area (Å²) in [6, 6.07) is 0.482. The molecule has 1 aromatic heterocycles. The maximum atomic E-state index is 12.4. The van der Waals surface area contributed by atoms with Crippen molar-refractivity contribution >= 4 is 17.3 Å². The average Bonchev–Trinajstić information content (AvgIpc) is 3.15. The number of aromatic nitrogens is 2. The van der Waals surface area contributed by atoms with Gasteiger partial charge in [-0.3, -0.25) is 4.79 Å². The lowest BCUT2D eigenvalue weighted by molar-refractivity contribution is 0.322. The monoisotopic (exact) mass is 296 g/mol. The number of rotatable bonds is 5. The molecular weight excluding hydrogens is 276 g/mol. The van der Waals surface area contributed by atoms with Gasteiger partial charge in [-0.25, -0.2) is 4.68 Å². The summed E-state index contributed by atoms with van der Waals surface area (Å²) in [5.41, 5.74) is 0.410. The van der Waals surface area contributed by atoms with Crippen LogP contribution in [0.2, 0.25) is 5.02 Å². The molecule has 1 unspecified atom stereocenters. The van der Waals surface area contributed by atoms with Crippen molar-refractivity contribution in [3.05, 3.63) is 21.6 Å². The summed E-state index contributed by atoms with van der Waals surface area (Å²) in [6.07, 6.45) is 6.37. The van der Waals surface area contributed by atoms with E-state index in [1.807, 2.05) is 0 Å². The quantitative estimate of drug-likeness (QED) is 0.900. The normalized spacial score (nSPS) is 23.2. The van der Waals surface area contributed by atoms with Crippen molar-refractivity contribution in [3.8, 4) is 0 Å². The van der Waals surface area contributed by atoms with Crippen LogP contribution in [0.15, 0.2) is 11.0 Å². The van der Waals surface area contributed by atoms with Crippen molar-refractivity contribution < 1.29 is 0 Å². The topological polar surface area (TPSA) is 50.2 Å². The van der Waals surface area contributed by atoms with E-state index in [0.29, 0.717) is 29.2 Å². The Labute approximate surface area is 123 Å². The number of nitrogens with one attached hydrogen (secondary N) is 1. The van der Waals surface area contributed by atoms with E-state index in [-0.39, 0.29) is 5.56 Å². The first-order valence-electron chi connectivity index (χ1n) is 7.35. The predicted octanol–water partition coefficient (Wildman–Crippen LogP) is 1.81. The van der Waals surface area contributed by atoms with Gasteiger partial charge < -0.3 is 10.2 Å². The maximum Gasteiger partial charge on any atom is 0.291 e. The fourth-order valence-electron chi connectivity index (χ4n) is 2.76. The van der Waals surface area contributed by atoms with Crippen LogP contribution >= 0.6 is 11.6 Å². The summed E-state index contributed by atoms with van der Waals surface area (Å²) in [6.45, 7) is 2.61. The molecule has 3 rings (SSSR count). The van der Waals surface area contributed by atoms with Gasteiger partial charge in [0.25, 0.3) is 5.56 Å². The highest BCUT2D eigenvalue weighted by Crippen LogP contribution is 2.30. The van der Waals surface area contributed by atoms with E-state index in [1.54, 1.807) is 10.9 Å². The zero-order valence-electron chi connectivity index (χ0n) is 11.8. The summed E-state index contributed by atoms with van der Waals surface area (Å²) in [4.78, 5) is 14.7. The molecule has 1 atom stereocenters. The van der Waals surface area contributed by atoms with Crippen LogP contribution in [0.5, 0.6) is 0 Å². The highest BCUT2D eigenvalue weighted by Gasteiger charge is 2.24. The van der Waals surface area contributed by atoms with Crippen molar-refractivity contribution in [3.63, 3.8) is 0 Å². The lowest BCUT2D eigenvalue weighted by Crippen LogP contribution is -2.34. The third kappa shape index (κ3) is 2.99. The van der Waals surface area contributed by atoms with E-state index in [4.69, 9.17) is 11.6 Å². The predicted molar refractivity (Wildman–Crippen MR) is 80.4 cm³/mol. The highest BCUT2D eigenvalue weighted by molar-refractivity contribution is 6.32. The molecule has 6 heteroatoms. The summed E-state index contributed by atoms with van der Waals surface area (Å²) in [5.74, 6) is 0.621. The largest absolute Gasteiger partial charge is 0.378 e. The zero-order chi connectivity index (χ0) is 14.1. The molecule has 1 N–H and O–H groups in total. The third-order valence-corrected chi connectivity index (χ3v) is 4.60. The van der Waals surface area contributed by atoms with Crippen molar-refractivity contribution in [2.24, 2.45) is 5.92 Å². The zero-order valence-corrected chi connectivity index (χ0v) is 12.6. The molecule has 1 aliphatic heterocycles. The van der Waals surface area contributed by atoms with Crippen LogP contribution < -0.4 is 10.9 Å². The van der Waals surface area contributed by atoms with Crippen molar-refractivity contribution in [2.75, 3.05) is 25.5 Å². The second-order valence-corrected chi connectivity index (χ2v) is 6.36. The number of likely N-dealkylation sites (N-methyl/N-ethyl adjacent to an activating group) is 1. The van der Waals surface area contributed by atoms with Gasteiger partial charge in [-0.05, 0) is 45.2 Å². The Kier molecular flexibility index (Phi) is 3.98. The van der Waals surface area contributed by atoms with Gasteiger partial charge in [0.15, 0.2) is 0 Å². The summed E-state index contributed by atoms with van der Waals surface area (Å²) in [5, 5.41) is 7.79. The van der Waals surface area contributed by atoms with Crippen LogP contribution in [-0.2, 0) is 6.54 Å². The Balaban J connectivity index is 1.72. The molecule has 2 aliphatic rings. The Morgan fingerprint density at radius 2 is 2.25 bits per heavy atom. The number of hydrogen-bond acceptors (Lipinski definition) is 4. The minimum atomic E-state index is -0.0925. The Morgan fingerprint density at radius 3 is 2.90 bits per heavy atom. The van der Waals surface area contributed by atoms with E-state index < -0.39 is 0 Å². The van der Waals surface area contributed by atoms with E-state index in [2.05, 4.69) is 22.4 Å². The number of hydrogen-bond donors (Lipinski definition) is 1. The summed E-state index contributed by atoms with van der Waals surface area (Å²) >= 11 is 6.12. The van der Waals surface area contributed by atoms with Gasteiger partial charge >= 0.3 is 0 Å². The number of anilines is 1. The molecule has 2 fully saturated rings. The molecule has 1 aromatic rings. The van der Waals surface area contributed by atoms with E-state index in [0.717, 1.165) is 13.1 Å². The van der Waals surface area contributed by atoms with Crippen LogP contribution in [0, 0.1) is 5.92 Å². The van der Waals surface area contributed by atoms with Crippen LogP contribution in [-0.4, -0.2) is 40.9 Å². The van der Waals surface area contributed by atoms with Crippen molar-refractivity contribution in [2.45, 2.75) is 38.3 Å². The first-order chi connectivity index (χ1) is 9.65. The molecule has 1 saturated heterocycles. The maximum absolute atomic E-state index is 12.4. The smallest absolute Gasteiger partial charge is 0.291 e. The van der Waals surface area contributed by atoms with Gasteiger partial charge in [0.2, 0.25) is 0 Å². The lowest BCUT2D eigenvalue weighted by Gasteiger charge is -2.20. The van der Waals surface area contributed by atoms with E-state index in [1.165, 1.54) is 25.7 Å². The summed E-state index contributed by atoms with van der Waals surface area (Å²) < 4.78 is 1.55. The molecule has 1 saturated carbocycles. The first kappa shape index (κ1) is 13.9. The fraction of sp³-hybridized carbons (Fsp3) is 0.714. The molecule has 0 amide bonds. The molecule has 0 aromatic carbocycles. The number of nitrogens with zero attached hydrogens (tertiary/aromatic N) is 3. The lowest BCUT2D eigenvalue weighted by atomic mass is 10.2. The van der Waals surface area contributed by atoms with Gasteiger partial charge in [-0.2, -0.15) is 5.10 Å². The second-order valence-electron chi connectivity index (χ2n) is 5.96. The molecule has 5 nitrogen and oxygen atoms in total. The fourth-order valence-corrected chi connectivity index (χ4v) is 2.95. The Morgan fingerprint density at radius 1 is 1.45 bits per heavy atom. The Hall–Kier alpha value is -1.07. The van der Waals surface area contributed by atoms with Crippen molar-refractivity contribution in [1.29, 1.82) is 0 Å². The van der Waals surface area contributed by atoms with Crippen LogP contribution in [0.25, 0.3) is 0 Å². The van der Waals surface area contributed by atoms with Crippen molar-refractivity contribution in [1.82, 2.24) is 14.7 Å². The minimum Gasteiger partial charge on any atom is -0.378 e. The van der Waals surface area contributed by atoms with Gasteiger partial charge in [-0.15, -0.1) is 0 Å². The average molecular weight is 297 g/mol. The van der Waals surface area contributed by atoms with Gasteiger partial charge in [0, 0.05) is 19.1 Å². The van der Waals surface area contributed by atoms with Gasteiger partial charge in [-0.1, -0.05) is 11.6 Å². The van der Waals surface area contributed by atoms with E-state index in [9.17, 15) is 4.79 Å². The van der Waals surface area contributed by atoms with Crippen LogP contribution in [0.3, 0.4) is 0 Å². The molecular formula is C14H21ClN4O. The summed E-state index contributed by atoms with van der Waals surface area (Å²) in [7, 11) is 2.12. The van der Waals surface area contributed by atoms with Gasteiger partial charge in [0.1, 0.15) is 5.69 Å². The molecule has 110 valence electrons. The minimum absolute atomic E-state index is 0.0925. The van der Waals surface area contributed by atoms with Crippen LogP contribution in [0.1, 0.15) is 25.7 Å².